The maximum Gasteiger partial charge on any atom is 0.0427 e. The normalized spacial score (nSPS) is 11.3. The summed E-state index contributed by atoms with van der Waals surface area (Å²) in [4.78, 5) is 1.36. The SMILES string of the molecule is Cc1cccc(-c2cc3ccc4ccccc4c3s2)c1C. The Balaban J connectivity index is 2.03. The van der Waals surface area contributed by atoms with Crippen LogP contribution in [-0.4, -0.2) is 0 Å². The highest BCUT2D eigenvalue weighted by Gasteiger charge is 2.09. The smallest absolute Gasteiger partial charge is 0.0427 e. The van der Waals surface area contributed by atoms with Crippen LogP contribution in [0, 0.1) is 13.8 Å². The monoisotopic (exact) mass is 288 g/mol. The number of fused-ring (bicyclic) bond motifs is 3. The molecule has 0 saturated carbocycles. The van der Waals surface area contributed by atoms with E-state index in [-0.39, 0.29) is 0 Å². The van der Waals surface area contributed by atoms with Crippen molar-refractivity contribution in [2.45, 2.75) is 13.8 Å². The molecule has 21 heavy (non-hydrogen) atoms. The van der Waals surface area contributed by atoms with Gasteiger partial charge in [-0.3, -0.25) is 0 Å². The molecular weight excluding hydrogens is 272 g/mol. The van der Waals surface area contributed by atoms with E-state index in [0.717, 1.165) is 0 Å². The van der Waals surface area contributed by atoms with Crippen LogP contribution in [-0.2, 0) is 0 Å². The summed E-state index contributed by atoms with van der Waals surface area (Å²) in [6.07, 6.45) is 0. The van der Waals surface area contributed by atoms with Crippen LogP contribution in [0.1, 0.15) is 11.1 Å². The molecule has 0 bridgehead atoms. The summed E-state index contributed by atoms with van der Waals surface area (Å²) in [5.41, 5.74) is 4.10. The van der Waals surface area contributed by atoms with Gasteiger partial charge in [-0.2, -0.15) is 0 Å². The molecular formula is C20H16S. The predicted octanol–water partition coefficient (Wildman–Crippen LogP) is 6.34. The van der Waals surface area contributed by atoms with Gasteiger partial charge in [0.15, 0.2) is 0 Å². The van der Waals surface area contributed by atoms with Crippen molar-refractivity contribution >= 4 is 32.2 Å². The number of hydrogen-bond acceptors (Lipinski definition) is 1. The molecule has 1 aromatic heterocycles. The number of benzene rings is 3. The standard InChI is InChI=1S/C20H16S/c1-13-6-5-9-17(14(13)2)19-12-16-11-10-15-7-3-4-8-18(15)20(16)21-19/h3-12H,1-2H3. The zero-order chi connectivity index (χ0) is 14.4. The predicted molar refractivity (Wildman–Crippen MR) is 94.2 cm³/mol. The van der Waals surface area contributed by atoms with E-state index in [4.69, 9.17) is 0 Å². The first-order chi connectivity index (χ1) is 10.2. The van der Waals surface area contributed by atoms with E-state index in [0.29, 0.717) is 0 Å². The van der Waals surface area contributed by atoms with E-state index in [1.807, 2.05) is 11.3 Å². The van der Waals surface area contributed by atoms with Crippen molar-refractivity contribution in [2.75, 3.05) is 0 Å². The lowest BCUT2D eigenvalue weighted by Gasteiger charge is -2.05. The van der Waals surface area contributed by atoms with Gasteiger partial charge in [0.25, 0.3) is 0 Å². The molecule has 0 atom stereocenters. The highest BCUT2D eigenvalue weighted by atomic mass is 32.1. The third-order valence-corrected chi connectivity index (χ3v) is 5.50. The summed E-state index contributed by atoms with van der Waals surface area (Å²) in [6.45, 7) is 4.40. The lowest BCUT2D eigenvalue weighted by molar-refractivity contribution is 1.35. The van der Waals surface area contributed by atoms with Gasteiger partial charge in [0, 0.05) is 9.58 Å². The average Bonchev–Trinajstić information content (AvgIpc) is 2.94. The molecule has 3 aromatic carbocycles. The van der Waals surface area contributed by atoms with Crippen molar-refractivity contribution in [1.82, 2.24) is 0 Å². The lowest BCUT2D eigenvalue weighted by atomic mass is 10.0. The molecule has 4 rings (SSSR count). The fourth-order valence-electron chi connectivity index (χ4n) is 2.92. The number of hydrogen-bond donors (Lipinski definition) is 0. The molecule has 0 radical (unpaired) electrons. The average molecular weight is 288 g/mol. The van der Waals surface area contributed by atoms with E-state index in [1.165, 1.54) is 42.4 Å². The Morgan fingerprint density at radius 3 is 2.48 bits per heavy atom. The summed E-state index contributed by atoms with van der Waals surface area (Å²) in [6, 6.07) is 22.0. The molecule has 4 aromatic rings. The Morgan fingerprint density at radius 2 is 1.57 bits per heavy atom. The van der Waals surface area contributed by atoms with Crippen molar-refractivity contribution in [2.24, 2.45) is 0 Å². The first-order valence-corrected chi connectivity index (χ1v) is 8.03. The van der Waals surface area contributed by atoms with Crippen LogP contribution in [0.4, 0.5) is 0 Å². The van der Waals surface area contributed by atoms with E-state index in [2.05, 4.69) is 74.5 Å². The molecule has 0 fully saturated rings. The molecule has 0 nitrogen and oxygen atoms in total. The minimum absolute atomic E-state index is 1.32. The molecule has 1 heterocycles. The Morgan fingerprint density at radius 1 is 0.762 bits per heavy atom. The summed E-state index contributed by atoms with van der Waals surface area (Å²) >= 11 is 1.90. The summed E-state index contributed by atoms with van der Waals surface area (Å²) in [5.74, 6) is 0. The van der Waals surface area contributed by atoms with E-state index in [1.54, 1.807) is 0 Å². The van der Waals surface area contributed by atoms with Gasteiger partial charge in [0.05, 0.1) is 0 Å². The topological polar surface area (TPSA) is 0 Å². The van der Waals surface area contributed by atoms with Crippen LogP contribution in [0.3, 0.4) is 0 Å². The van der Waals surface area contributed by atoms with Crippen molar-refractivity contribution in [1.29, 1.82) is 0 Å². The van der Waals surface area contributed by atoms with Crippen LogP contribution in [0.2, 0.25) is 0 Å². The van der Waals surface area contributed by atoms with Crippen LogP contribution in [0.15, 0.2) is 60.7 Å². The van der Waals surface area contributed by atoms with E-state index < -0.39 is 0 Å². The second-order valence-corrected chi connectivity index (χ2v) is 6.62. The molecule has 0 aliphatic carbocycles. The second kappa shape index (κ2) is 4.71. The number of rotatable bonds is 1. The largest absolute Gasteiger partial charge is 0.135 e. The van der Waals surface area contributed by atoms with Gasteiger partial charge < -0.3 is 0 Å². The first kappa shape index (κ1) is 12.6. The van der Waals surface area contributed by atoms with Crippen LogP contribution >= 0.6 is 11.3 Å². The molecule has 0 aliphatic rings. The fourth-order valence-corrected chi connectivity index (χ4v) is 4.20. The maximum absolute atomic E-state index is 2.33. The van der Waals surface area contributed by atoms with Gasteiger partial charge in [-0.15, -0.1) is 11.3 Å². The first-order valence-electron chi connectivity index (χ1n) is 7.22. The van der Waals surface area contributed by atoms with Crippen LogP contribution in [0.25, 0.3) is 31.3 Å². The molecule has 0 amide bonds. The Kier molecular flexibility index (Phi) is 2.83. The molecule has 0 unspecified atom stereocenters. The maximum atomic E-state index is 2.33. The third-order valence-electron chi connectivity index (χ3n) is 4.28. The van der Waals surface area contributed by atoms with Gasteiger partial charge >= 0.3 is 0 Å². The Hall–Kier alpha value is -2.12. The molecule has 0 aliphatic heterocycles. The van der Waals surface area contributed by atoms with Gasteiger partial charge in [0.1, 0.15) is 0 Å². The molecule has 102 valence electrons. The Bertz CT molecular complexity index is 960. The van der Waals surface area contributed by atoms with Gasteiger partial charge in [0.2, 0.25) is 0 Å². The molecule has 0 saturated heterocycles. The lowest BCUT2D eigenvalue weighted by Crippen LogP contribution is -1.83. The quantitative estimate of drug-likeness (QED) is 0.383. The zero-order valence-electron chi connectivity index (χ0n) is 12.2. The minimum atomic E-state index is 1.32. The number of thiophene rings is 1. The minimum Gasteiger partial charge on any atom is -0.135 e. The van der Waals surface area contributed by atoms with Crippen molar-refractivity contribution in [3.8, 4) is 10.4 Å². The summed E-state index contributed by atoms with van der Waals surface area (Å²) in [7, 11) is 0. The van der Waals surface area contributed by atoms with Gasteiger partial charge in [-0.1, -0.05) is 54.6 Å². The number of aryl methyl sites for hydroxylation is 1. The highest BCUT2D eigenvalue weighted by Crippen LogP contribution is 2.39. The van der Waals surface area contributed by atoms with Crippen molar-refractivity contribution in [3.05, 3.63) is 71.8 Å². The van der Waals surface area contributed by atoms with Crippen LogP contribution in [0.5, 0.6) is 0 Å². The molecule has 1 heteroatoms. The van der Waals surface area contributed by atoms with Crippen molar-refractivity contribution < 1.29 is 0 Å². The molecule has 0 N–H and O–H groups in total. The summed E-state index contributed by atoms with van der Waals surface area (Å²) < 4.78 is 1.39. The second-order valence-electron chi connectivity index (χ2n) is 5.56. The summed E-state index contributed by atoms with van der Waals surface area (Å²) in [5, 5.41) is 4.02. The van der Waals surface area contributed by atoms with E-state index in [9.17, 15) is 0 Å². The van der Waals surface area contributed by atoms with E-state index >= 15 is 0 Å². The van der Waals surface area contributed by atoms with Gasteiger partial charge in [-0.25, -0.2) is 0 Å². The highest BCUT2D eigenvalue weighted by molar-refractivity contribution is 7.23. The van der Waals surface area contributed by atoms with Crippen LogP contribution < -0.4 is 0 Å². The Labute approximate surface area is 128 Å². The molecule has 0 spiro atoms. The third kappa shape index (κ3) is 1.97. The van der Waals surface area contributed by atoms with Crippen molar-refractivity contribution in [3.63, 3.8) is 0 Å². The van der Waals surface area contributed by atoms with Gasteiger partial charge in [-0.05, 0) is 52.8 Å². The fraction of sp³-hybridized carbons (Fsp3) is 0.100. The zero-order valence-corrected chi connectivity index (χ0v) is 13.0.